The van der Waals surface area contributed by atoms with E-state index in [2.05, 4.69) is 25.7 Å². The number of nitrogens with zero attached hydrogens (tertiary/aromatic N) is 1. The first-order valence-corrected chi connectivity index (χ1v) is 5.21. The molecular weight excluding hydrogens is 178 g/mol. The zero-order valence-corrected chi connectivity index (χ0v) is 9.84. The molecule has 0 aromatic carbocycles. The quantitative estimate of drug-likeness (QED) is 0.716. The Morgan fingerprint density at radius 1 is 1.29 bits per heavy atom. The Bertz CT molecular complexity index is 173. The molecule has 0 unspecified atom stereocenters. The molecule has 0 amide bonds. The smallest absolute Gasteiger partial charge is 0.303 e. The second-order valence-corrected chi connectivity index (χ2v) is 5.11. The minimum Gasteiger partial charge on any atom is -0.481 e. The Morgan fingerprint density at radius 3 is 2.29 bits per heavy atom. The van der Waals surface area contributed by atoms with Crippen LogP contribution in [0.25, 0.3) is 0 Å². The van der Waals surface area contributed by atoms with Crippen molar-refractivity contribution in [3.63, 3.8) is 0 Å². The van der Waals surface area contributed by atoms with Gasteiger partial charge in [0.15, 0.2) is 0 Å². The number of hydrogen-bond donors (Lipinski definition) is 1. The van der Waals surface area contributed by atoms with Crippen molar-refractivity contribution >= 4 is 5.97 Å². The predicted molar refractivity (Wildman–Crippen MR) is 58.4 cm³/mol. The normalized spacial score (nSPS) is 12.1. The molecule has 0 aliphatic heterocycles. The van der Waals surface area contributed by atoms with E-state index < -0.39 is 5.97 Å². The summed E-state index contributed by atoms with van der Waals surface area (Å²) in [5.41, 5.74) is 0.362. The molecule has 0 heterocycles. The molecule has 84 valence electrons. The van der Waals surface area contributed by atoms with Gasteiger partial charge in [-0.25, -0.2) is 0 Å². The Hall–Kier alpha value is -0.570. The molecule has 0 bridgehead atoms. The number of carboxylic acids is 1. The predicted octanol–water partition coefficient (Wildman–Crippen LogP) is 2.22. The SMILES string of the molecule is CN(CCCC(=O)O)CCC(C)(C)C. The molecule has 1 N–H and O–H groups in total. The van der Waals surface area contributed by atoms with Crippen LogP contribution in [0.5, 0.6) is 0 Å². The Balaban J connectivity index is 3.46. The number of carbonyl (C=O) groups is 1. The van der Waals surface area contributed by atoms with E-state index in [4.69, 9.17) is 5.11 Å². The van der Waals surface area contributed by atoms with Crippen LogP contribution < -0.4 is 0 Å². The molecule has 0 aliphatic carbocycles. The summed E-state index contributed by atoms with van der Waals surface area (Å²) in [6.07, 6.45) is 2.17. The molecule has 0 aliphatic rings. The average Bonchev–Trinajstić information content (AvgIpc) is 1.99. The summed E-state index contributed by atoms with van der Waals surface area (Å²) in [7, 11) is 2.05. The summed E-state index contributed by atoms with van der Waals surface area (Å²) >= 11 is 0. The molecular formula is C11H23NO2. The van der Waals surface area contributed by atoms with Crippen molar-refractivity contribution in [2.24, 2.45) is 5.41 Å². The van der Waals surface area contributed by atoms with Crippen LogP contribution in [0.4, 0.5) is 0 Å². The van der Waals surface area contributed by atoms with Gasteiger partial charge in [-0.2, -0.15) is 0 Å². The zero-order valence-electron chi connectivity index (χ0n) is 9.84. The highest BCUT2D eigenvalue weighted by Crippen LogP contribution is 2.18. The molecule has 3 nitrogen and oxygen atoms in total. The molecule has 0 spiro atoms. The van der Waals surface area contributed by atoms with Gasteiger partial charge in [0.1, 0.15) is 0 Å². The van der Waals surface area contributed by atoms with Crippen molar-refractivity contribution in [1.29, 1.82) is 0 Å². The molecule has 0 fully saturated rings. The lowest BCUT2D eigenvalue weighted by atomic mass is 9.92. The summed E-state index contributed by atoms with van der Waals surface area (Å²) < 4.78 is 0. The Morgan fingerprint density at radius 2 is 1.86 bits per heavy atom. The van der Waals surface area contributed by atoms with Crippen LogP contribution >= 0.6 is 0 Å². The van der Waals surface area contributed by atoms with Gasteiger partial charge in [0, 0.05) is 6.42 Å². The third-order valence-electron chi connectivity index (χ3n) is 2.17. The van der Waals surface area contributed by atoms with Gasteiger partial charge < -0.3 is 10.0 Å². The van der Waals surface area contributed by atoms with E-state index in [0.717, 1.165) is 25.9 Å². The first-order valence-electron chi connectivity index (χ1n) is 5.21. The second-order valence-electron chi connectivity index (χ2n) is 5.11. The van der Waals surface area contributed by atoms with E-state index in [1.54, 1.807) is 0 Å². The van der Waals surface area contributed by atoms with Crippen molar-refractivity contribution in [2.75, 3.05) is 20.1 Å². The summed E-state index contributed by atoms with van der Waals surface area (Å²) in [4.78, 5) is 12.5. The standard InChI is InChI=1S/C11H23NO2/c1-11(2,3)7-9-12(4)8-5-6-10(13)14/h5-9H2,1-4H3,(H,13,14). The highest BCUT2D eigenvalue weighted by Gasteiger charge is 2.11. The van der Waals surface area contributed by atoms with Crippen LogP contribution in [0.1, 0.15) is 40.0 Å². The fourth-order valence-corrected chi connectivity index (χ4v) is 1.14. The van der Waals surface area contributed by atoms with E-state index in [-0.39, 0.29) is 6.42 Å². The number of carboxylic acid groups (broad SMARTS) is 1. The third-order valence-corrected chi connectivity index (χ3v) is 2.17. The molecule has 14 heavy (non-hydrogen) atoms. The van der Waals surface area contributed by atoms with Gasteiger partial charge in [-0.1, -0.05) is 20.8 Å². The van der Waals surface area contributed by atoms with Gasteiger partial charge in [-0.3, -0.25) is 4.79 Å². The third kappa shape index (κ3) is 9.52. The summed E-state index contributed by atoms with van der Waals surface area (Å²) in [5.74, 6) is -0.700. The summed E-state index contributed by atoms with van der Waals surface area (Å²) in [5, 5.41) is 8.47. The van der Waals surface area contributed by atoms with Crippen LogP contribution in [-0.4, -0.2) is 36.1 Å². The summed E-state index contributed by atoms with van der Waals surface area (Å²) in [6, 6.07) is 0. The number of aliphatic carboxylic acids is 1. The fraction of sp³-hybridized carbons (Fsp3) is 0.909. The monoisotopic (exact) mass is 201 g/mol. The maximum atomic E-state index is 10.3. The molecule has 0 radical (unpaired) electrons. The van der Waals surface area contributed by atoms with Crippen molar-refractivity contribution in [3.8, 4) is 0 Å². The van der Waals surface area contributed by atoms with Crippen LogP contribution in [-0.2, 0) is 4.79 Å². The van der Waals surface area contributed by atoms with E-state index >= 15 is 0 Å². The molecule has 0 saturated carbocycles. The van der Waals surface area contributed by atoms with Crippen LogP contribution in [0, 0.1) is 5.41 Å². The van der Waals surface area contributed by atoms with Gasteiger partial charge in [0.05, 0.1) is 0 Å². The average molecular weight is 201 g/mol. The minimum atomic E-state index is -0.700. The highest BCUT2D eigenvalue weighted by molar-refractivity contribution is 5.66. The van der Waals surface area contributed by atoms with Crippen molar-refractivity contribution in [1.82, 2.24) is 4.90 Å². The fourth-order valence-electron chi connectivity index (χ4n) is 1.14. The lowest BCUT2D eigenvalue weighted by molar-refractivity contribution is -0.137. The Labute approximate surface area is 87.1 Å². The maximum Gasteiger partial charge on any atom is 0.303 e. The molecule has 0 aromatic rings. The Kier molecular flexibility index (Phi) is 5.77. The molecule has 0 aromatic heterocycles. The molecule has 0 rings (SSSR count). The minimum absolute atomic E-state index is 0.278. The summed E-state index contributed by atoms with van der Waals surface area (Å²) in [6.45, 7) is 8.58. The lowest BCUT2D eigenvalue weighted by Gasteiger charge is -2.23. The van der Waals surface area contributed by atoms with E-state index in [1.807, 2.05) is 7.05 Å². The molecule has 3 heteroatoms. The highest BCUT2D eigenvalue weighted by atomic mass is 16.4. The van der Waals surface area contributed by atoms with Crippen LogP contribution in [0.3, 0.4) is 0 Å². The first-order chi connectivity index (χ1) is 6.31. The van der Waals surface area contributed by atoms with Crippen LogP contribution in [0.2, 0.25) is 0 Å². The first kappa shape index (κ1) is 13.4. The van der Waals surface area contributed by atoms with Gasteiger partial charge >= 0.3 is 5.97 Å². The lowest BCUT2D eigenvalue weighted by Crippen LogP contribution is -2.24. The maximum absolute atomic E-state index is 10.3. The topological polar surface area (TPSA) is 40.5 Å². The largest absolute Gasteiger partial charge is 0.481 e. The van der Waals surface area contributed by atoms with E-state index in [9.17, 15) is 4.79 Å². The zero-order chi connectivity index (χ0) is 11.2. The second kappa shape index (κ2) is 6.02. The van der Waals surface area contributed by atoms with E-state index in [0.29, 0.717) is 5.41 Å². The van der Waals surface area contributed by atoms with Crippen molar-refractivity contribution in [3.05, 3.63) is 0 Å². The molecule has 0 saturated heterocycles. The van der Waals surface area contributed by atoms with Crippen LogP contribution in [0.15, 0.2) is 0 Å². The van der Waals surface area contributed by atoms with Crippen molar-refractivity contribution < 1.29 is 9.90 Å². The van der Waals surface area contributed by atoms with Crippen molar-refractivity contribution in [2.45, 2.75) is 40.0 Å². The van der Waals surface area contributed by atoms with E-state index in [1.165, 1.54) is 0 Å². The molecule has 0 atom stereocenters. The number of rotatable bonds is 6. The van der Waals surface area contributed by atoms with Gasteiger partial charge in [0.2, 0.25) is 0 Å². The van der Waals surface area contributed by atoms with Gasteiger partial charge in [-0.05, 0) is 38.4 Å². The van der Waals surface area contributed by atoms with Gasteiger partial charge in [0.25, 0.3) is 0 Å². The number of hydrogen-bond acceptors (Lipinski definition) is 2. The van der Waals surface area contributed by atoms with Gasteiger partial charge in [-0.15, -0.1) is 0 Å².